The highest BCUT2D eigenvalue weighted by molar-refractivity contribution is 6.34. The van der Waals surface area contributed by atoms with Crippen molar-refractivity contribution in [1.29, 1.82) is 0 Å². The number of halogens is 1. The van der Waals surface area contributed by atoms with Crippen molar-refractivity contribution in [2.75, 3.05) is 11.4 Å². The Balaban J connectivity index is 2.46. The van der Waals surface area contributed by atoms with Gasteiger partial charge in [0, 0.05) is 12.6 Å². The van der Waals surface area contributed by atoms with Crippen molar-refractivity contribution in [2.45, 2.75) is 33.2 Å². The molecule has 0 radical (unpaired) electrons. The minimum Gasteiger partial charge on any atom is -0.478 e. The number of piperidine rings is 1. The molecule has 3 atom stereocenters. The van der Waals surface area contributed by atoms with Gasteiger partial charge in [-0.3, -0.25) is 0 Å². The van der Waals surface area contributed by atoms with Crippen molar-refractivity contribution in [3.05, 3.63) is 28.8 Å². The molecule has 19 heavy (non-hydrogen) atoms. The van der Waals surface area contributed by atoms with E-state index >= 15 is 0 Å². The van der Waals surface area contributed by atoms with Gasteiger partial charge in [0.15, 0.2) is 0 Å². The molecule has 1 saturated heterocycles. The average Bonchev–Trinajstić information content (AvgIpc) is 2.33. The van der Waals surface area contributed by atoms with E-state index in [4.69, 9.17) is 11.6 Å². The molecule has 4 heteroatoms. The first-order valence-electron chi connectivity index (χ1n) is 6.70. The molecule has 1 aliphatic heterocycles. The van der Waals surface area contributed by atoms with Gasteiger partial charge < -0.3 is 10.0 Å². The van der Waals surface area contributed by atoms with Gasteiger partial charge in [0.25, 0.3) is 0 Å². The molecule has 2 rings (SSSR count). The number of hydrogen-bond acceptors (Lipinski definition) is 2. The summed E-state index contributed by atoms with van der Waals surface area (Å²) >= 11 is 6.06. The highest BCUT2D eigenvalue weighted by Crippen LogP contribution is 2.35. The van der Waals surface area contributed by atoms with Crippen LogP contribution >= 0.6 is 11.6 Å². The van der Waals surface area contributed by atoms with E-state index in [0.717, 1.165) is 12.2 Å². The highest BCUT2D eigenvalue weighted by atomic mass is 35.5. The summed E-state index contributed by atoms with van der Waals surface area (Å²) in [5.74, 6) is 0.148. The number of rotatable bonds is 2. The van der Waals surface area contributed by atoms with E-state index in [0.29, 0.717) is 22.9 Å². The van der Waals surface area contributed by atoms with Crippen LogP contribution in [0.1, 0.15) is 37.6 Å². The van der Waals surface area contributed by atoms with Crippen molar-refractivity contribution in [3.8, 4) is 0 Å². The Hall–Kier alpha value is -1.22. The lowest BCUT2D eigenvalue weighted by atomic mass is 9.85. The first-order valence-corrected chi connectivity index (χ1v) is 7.08. The summed E-state index contributed by atoms with van der Waals surface area (Å²) in [5.41, 5.74) is 0.961. The fraction of sp³-hybridized carbons (Fsp3) is 0.533. The van der Waals surface area contributed by atoms with Gasteiger partial charge >= 0.3 is 5.97 Å². The molecule has 1 aromatic carbocycles. The first-order chi connectivity index (χ1) is 8.91. The number of nitrogens with zero attached hydrogens (tertiary/aromatic N) is 1. The predicted molar refractivity (Wildman–Crippen MR) is 78.2 cm³/mol. The van der Waals surface area contributed by atoms with Crippen LogP contribution in [0.25, 0.3) is 0 Å². The van der Waals surface area contributed by atoms with Gasteiger partial charge in [-0.15, -0.1) is 0 Å². The molecule has 1 aliphatic rings. The number of aromatic carboxylic acids is 1. The smallest absolute Gasteiger partial charge is 0.339 e. The Morgan fingerprint density at radius 1 is 1.37 bits per heavy atom. The van der Waals surface area contributed by atoms with E-state index in [2.05, 4.69) is 25.7 Å². The molecule has 0 bridgehead atoms. The van der Waals surface area contributed by atoms with Gasteiger partial charge in [-0.2, -0.15) is 0 Å². The Kier molecular flexibility index (Phi) is 4.04. The predicted octanol–water partition coefficient (Wildman–Crippen LogP) is 3.91. The largest absolute Gasteiger partial charge is 0.478 e. The summed E-state index contributed by atoms with van der Waals surface area (Å²) < 4.78 is 0. The van der Waals surface area contributed by atoms with Gasteiger partial charge in [-0.05, 0) is 37.3 Å². The van der Waals surface area contributed by atoms with Crippen molar-refractivity contribution in [2.24, 2.45) is 11.8 Å². The molecule has 0 aliphatic carbocycles. The second-order valence-corrected chi connectivity index (χ2v) is 6.06. The lowest BCUT2D eigenvalue weighted by Gasteiger charge is -2.43. The quantitative estimate of drug-likeness (QED) is 0.893. The minimum atomic E-state index is -0.960. The summed E-state index contributed by atoms with van der Waals surface area (Å²) in [6.45, 7) is 7.47. The van der Waals surface area contributed by atoms with Crippen LogP contribution < -0.4 is 4.90 Å². The van der Waals surface area contributed by atoms with Crippen LogP contribution in [0, 0.1) is 11.8 Å². The van der Waals surface area contributed by atoms with Crippen LogP contribution in [-0.2, 0) is 0 Å². The summed E-state index contributed by atoms with van der Waals surface area (Å²) in [6, 6.07) is 5.64. The fourth-order valence-corrected chi connectivity index (χ4v) is 3.25. The van der Waals surface area contributed by atoms with Gasteiger partial charge in [0.1, 0.15) is 5.56 Å². The SMILES string of the molecule is CC1CC(C)C(C)N(c2cccc(Cl)c2C(=O)O)C1. The summed E-state index contributed by atoms with van der Waals surface area (Å²) in [4.78, 5) is 13.6. The van der Waals surface area contributed by atoms with Crippen LogP contribution in [0.3, 0.4) is 0 Å². The molecule has 1 aromatic rings. The Labute approximate surface area is 119 Å². The van der Waals surface area contributed by atoms with Crippen LogP contribution in [-0.4, -0.2) is 23.7 Å². The average molecular weight is 282 g/mol. The summed E-state index contributed by atoms with van der Waals surface area (Å²) in [5, 5.41) is 9.69. The van der Waals surface area contributed by atoms with Crippen molar-refractivity contribution >= 4 is 23.3 Å². The third-order valence-electron chi connectivity index (χ3n) is 4.11. The molecule has 1 heterocycles. The summed E-state index contributed by atoms with van der Waals surface area (Å²) in [6.07, 6.45) is 1.18. The topological polar surface area (TPSA) is 40.5 Å². The van der Waals surface area contributed by atoms with E-state index < -0.39 is 5.97 Å². The van der Waals surface area contributed by atoms with Crippen LogP contribution in [0.15, 0.2) is 18.2 Å². The molecule has 1 fully saturated rings. The maximum absolute atomic E-state index is 11.4. The van der Waals surface area contributed by atoms with Gasteiger partial charge in [-0.25, -0.2) is 4.79 Å². The van der Waals surface area contributed by atoms with E-state index in [1.165, 1.54) is 6.42 Å². The monoisotopic (exact) mass is 281 g/mol. The Morgan fingerprint density at radius 3 is 2.68 bits per heavy atom. The third-order valence-corrected chi connectivity index (χ3v) is 4.43. The minimum absolute atomic E-state index is 0.220. The molecular formula is C15H20ClNO2. The zero-order valence-electron chi connectivity index (χ0n) is 11.6. The molecule has 0 saturated carbocycles. The molecule has 0 amide bonds. The number of benzene rings is 1. The molecule has 0 spiro atoms. The molecule has 3 unspecified atom stereocenters. The Bertz CT molecular complexity index is 489. The molecule has 0 aromatic heterocycles. The lowest BCUT2D eigenvalue weighted by molar-refractivity contribution is 0.0697. The van der Waals surface area contributed by atoms with Gasteiger partial charge in [0.05, 0.1) is 10.7 Å². The zero-order chi connectivity index (χ0) is 14.2. The van der Waals surface area contributed by atoms with Crippen LogP contribution in [0.2, 0.25) is 5.02 Å². The van der Waals surface area contributed by atoms with E-state index in [9.17, 15) is 9.90 Å². The fourth-order valence-electron chi connectivity index (χ4n) is 3.00. The summed E-state index contributed by atoms with van der Waals surface area (Å²) in [7, 11) is 0. The molecule has 1 N–H and O–H groups in total. The van der Waals surface area contributed by atoms with E-state index in [1.54, 1.807) is 6.07 Å². The second-order valence-electron chi connectivity index (χ2n) is 5.65. The second kappa shape index (κ2) is 5.41. The van der Waals surface area contributed by atoms with Crippen LogP contribution in [0.5, 0.6) is 0 Å². The lowest BCUT2D eigenvalue weighted by Crippen LogP contribution is -2.46. The number of carboxylic acid groups (broad SMARTS) is 1. The number of anilines is 1. The first kappa shape index (κ1) is 14.2. The zero-order valence-corrected chi connectivity index (χ0v) is 12.3. The van der Waals surface area contributed by atoms with E-state index in [1.807, 2.05) is 12.1 Å². The molecular weight excluding hydrogens is 262 g/mol. The maximum atomic E-state index is 11.4. The van der Waals surface area contributed by atoms with Crippen LogP contribution in [0.4, 0.5) is 5.69 Å². The number of carbonyl (C=O) groups is 1. The highest BCUT2D eigenvalue weighted by Gasteiger charge is 2.31. The van der Waals surface area contributed by atoms with Crippen molar-refractivity contribution in [1.82, 2.24) is 0 Å². The number of hydrogen-bond donors (Lipinski definition) is 1. The molecule has 104 valence electrons. The maximum Gasteiger partial charge on any atom is 0.339 e. The third kappa shape index (κ3) is 2.71. The van der Waals surface area contributed by atoms with Gasteiger partial charge in [-0.1, -0.05) is 31.5 Å². The van der Waals surface area contributed by atoms with E-state index in [-0.39, 0.29) is 5.56 Å². The Morgan fingerprint density at radius 2 is 2.05 bits per heavy atom. The van der Waals surface area contributed by atoms with Gasteiger partial charge in [0.2, 0.25) is 0 Å². The normalized spacial score (nSPS) is 27.4. The number of carboxylic acids is 1. The molecule has 3 nitrogen and oxygen atoms in total. The standard InChI is InChI=1S/C15H20ClNO2/c1-9-7-10(2)11(3)17(8-9)13-6-4-5-12(16)14(13)15(18)19/h4-6,9-11H,7-8H2,1-3H3,(H,18,19). The van der Waals surface area contributed by atoms with Crippen molar-refractivity contribution in [3.63, 3.8) is 0 Å². The van der Waals surface area contributed by atoms with Crippen molar-refractivity contribution < 1.29 is 9.90 Å².